The van der Waals surface area contributed by atoms with Crippen molar-refractivity contribution in [2.75, 3.05) is 5.73 Å². The van der Waals surface area contributed by atoms with Gasteiger partial charge < -0.3 is 11.1 Å². The molecule has 0 radical (unpaired) electrons. The smallest absolute Gasteiger partial charge is 0.251 e. The number of hydrogen-bond donors (Lipinski definition) is 2. The molecule has 0 spiro atoms. The van der Waals surface area contributed by atoms with Crippen molar-refractivity contribution in [3.05, 3.63) is 29.8 Å². The Morgan fingerprint density at radius 2 is 1.75 bits per heavy atom. The van der Waals surface area contributed by atoms with E-state index < -0.39 is 0 Å². The molecule has 1 fully saturated rings. The molecule has 0 aromatic heterocycles. The molecule has 3 nitrogen and oxygen atoms in total. The van der Waals surface area contributed by atoms with Gasteiger partial charge in [0, 0.05) is 17.3 Å². The third kappa shape index (κ3) is 3.53. The van der Waals surface area contributed by atoms with Crippen molar-refractivity contribution < 1.29 is 4.79 Å². The van der Waals surface area contributed by atoms with Crippen LogP contribution in [-0.4, -0.2) is 11.9 Å². The first kappa shape index (κ1) is 14.9. The van der Waals surface area contributed by atoms with Gasteiger partial charge in [0.05, 0.1) is 0 Å². The van der Waals surface area contributed by atoms with E-state index in [-0.39, 0.29) is 17.4 Å². The average molecular weight is 274 g/mol. The summed E-state index contributed by atoms with van der Waals surface area (Å²) in [4.78, 5) is 12.3. The topological polar surface area (TPSA) is 55.1 Å². The molecule has 1 saturated carbocycles. The molecule has 0 aliphatic heterocycles. The molecule has 0 heterocycles. The largest absolute Gasteiger partial charge is 0.399 e. The van der Waals surface area contributed by atoms with Crippen LogP contribution in [0.15, 0.2) is 24.3 Å². The Morgan fingerprint density at radius 1 is 1.15 bits per heavy atom. The highest BCUT2D eigenvalue weighted by Crippen LogP contribution is 2.38. The predicted molar refractivity (Wildman–Crippen MR) is 83.5 cm³/mol. The molecule has 3 heteroatoms. The molecule has 0 bridgehead atoms. The number of nitrogens with one attached hydrogen (secondary N) is 1. The van der Waals surface area contributed by atoms with Crippen molar-refractivity contribution >= 4 is 11.6 Å². The average Bonchev–Trinajstić information content (AvgIpc) is 2.38. The monoisotopic (exact) mass is 274 g/mol. The molecule has 110 valence electrons. The summed E-state index contributed by atoms with van der Waals surface area (Å²) >= 11 is 0. The van der Waals surface area contributed by atoms with Gasteiger partial charge in [0.2, 0.25) is 0 Å². The maximum Gasteiger partial charge on any atom is 0.251 e. The second-order valence-electron chi connectivity index (χ2n) is 6.96. The highest BCUT2D eigenvalue weighted by Gasteiger charge is 2.34. The molecular weight excluding hydrogens is 248 g/mol. The Balaban J connectivity index is 2.07. The van der Waals surface area contributed by atoms with Crippen LogP contribution in [0.3, 0.4) is 0 Å². The van der Waals surface area contributed by atoms with Crippen LogP contribution in [0.5, 0.6) is 0 Å². The molecule has 1 aromatic carbocycles. The van der Waals surface area contributed by atoms with Gasteiger partial charge in [-0.25, -0.2) is 0 Å². The Hall–Kier alpha value is -1.51. The SMILES string of the molecule is CC(C)(C)C1CCCCC1NC(=O)c1ccc(N)cc1. The van der Waals surface area contributed by atoms with Crippen LogP contribution in [0.2, 0.25) is 0 Å². The predicted octanol–water partition coefficient (Wildman–Crippen LogP) is 3.60. The van der Waals surface area contributed by atoms with E-state index in [2.05, 4.69) is 26.1 Å². The van der Waals surface area contributed by atoms with E-state index in [4.69, 9.17) is 5.73 Å². The second kappa shape index (κ2) is 5.86. The molecule has 1 aliphatic rings. The first-order valence-electron chi connectivity index (χ1n) is 7.54. The Kier molecular flexibility index (Phi) is 4.36. The van der Waals surface area contributed by atoms with E-state index in [1.807, 2.05) is 0 Å². The van der Waals surface area contributed by atoms with Crippen LogP contribution in [0.25, 0.3) is 0 Å². The number of benzene rings is 1. The van der Waals surface area contributed by atoms with Crippen molar-refractivity contribution in [2.24, 2.45) is 11.3 Å². The van der Waals surface area contributed by atoms with Crippen molar-refractivity contribution in [3.63, 3.8) is 0 Å². The van der Waals surface area contributed by atoms with Gasteiger partial charge in [-0.15, -0.1) is 0 Å². The lowest BCUT2D eigenvalue weighted by atomic mass is 9.69. The molecule has 1 aliphatic carbocycles. The fraction of sp³-hybridized carbons (Fsp3) is 0.588. The summed E-state index contributed by atoms with van der Waals surface area (Å²) in [7, 11) is 0. The van der Waals surface area contributed by atoms with Crippen molar-refractivity contribution in [3.8, 4) is 0 Å². The van der Waals surface area contributed by atoms with Crippen LogP contribution in [0.1, 0.15) is 56.8 Å². The first-order chi connectivity index (χ1) is 9.38. The third-order valence-electron chi connectivity index (χ3n) is 4.37. The summed E-state index contributed by atoms with van der Waals surface area (Å²) in [5.74, 6) is 0.570. The van der Waals surface area contributed by atoms with E-state index in [9.17, 15) is 4.79 Å². The van der Waals surface area contributed by atoms with Crippen LogP contribution < -0.4 is 11.1 Å². The molecule has 1 amide bonds. The lowest BCUT2D eigenvalue weighted by Crippen LogP contribution is -2.46. The summed E-state index contributed by atoms with van der Waals surface area (Å²) in [6.45, 7) is 6.81. The zero-order chi connectivity index (χ0) is 14.8. The zero-order valence-corrected chi connectivity index (χ0v) is 12.8. The minimum atomic E-state index is 0.0196. The van der Waals surface area contributed by atoms with Gasteiger partial charge in [-0.2, -0.15) is 0 Å². The molecule has 2 unspecified atom stereocenters. The zero-order valence-electron chi connectivity index (χ0n) is 12.8. The summed E-state index contributed by atoms with van der Waals surface area (Å²) in [5.41, 5.74) is 7.27. The number of carbonyl (C=O) groups excluding carboxylic acids is 1. The number of amides is 1. The van der Waals surface area contributed by atoms with Gasteiger partial charge in [-0.3, -0.25) is 4.79 Å². The highest BCUT2D eigenvalue weighted by atomic mass is 16.1. The number of nitrogens with two attached hydrogens (primary N) is 1. The van der Waals surface area contributed by atoms with Crippen molar-refractivity contribution in [1.29, 1.82) is 0 Å². The minimum absolute atomic E-state index is 0.0196. The molecular formula is C17H26N2O. The van der Waals surface area contributed by atoms with Crippen molar-refractivity contribution in [2.45, 2.75) is 52.5 Å². The van der Waals surface area contributed by atoms with Gasteiger partial charge in [0.25, 0.3) is 5.91 Å². The molecule has 20 heavy (non-hydrogen) atoms. The summed E-state index contributed by atoms with van der Waals surface area (Å²) in [5, 5.41) is 3.23. The Labute approximate surface area is 121 Å². The maximum atomic E-state index is 12.3. The summed E-state index contributed by atoms with van der Waals surface area (Å²) in [6, 6.07) is 7.42. The Morgan fingerprint density at radius 3 is 2.35 bits per heavy atom. The van der Waals surface area contributed by atoms with E-state index in [0.29, 0.717) is 17.2 Å². The lowest BCUT2D eigenvalue weighted by molar-refractivity contribution is 0.0830. The molecule has 2 rings (SSSR count). The molecule has 1 aromatic rings. The van der Waals surface area contributed by atoms with Crippen molar-refractivity contribution in [1.82, 2.24) is 5.32 Å². The highest BCUT2D eigenvalue weighted by molar-refractivity contribution is 5.94. The molecule has 3 N–H and O–H groups in total. The van der Waals surface area contributed by atoms with Crippen LogP contribution in [0.4, 0.5) is 5.69 Å². The van der Waals surface area contributed by atoms with Gasteiger partial charge in [0.15, 0.2) is 0 Å². The van der Waals surface area contributed by atoms with Gasteiger partial charge in [0.1, 0.15) is 0 Å². The van der Waals surface area contributed by atoms with E-state index in [1.54, 1.807) is 24.3 Å². The van der Waals surface area contributed by atoms with Crippen LogP contribution in [0, 0.1) is 11.3 Å². The fourth-order valence-corrected chi connectivity index (χ4v) is 3.23. The normalized spacial score (nSPS) is 23.4. The van der Waals surface area contributed by atoms with Crippen LogP contribution in [-0.2, 0) is 0 Å². The summed E-state index contributed by atoms with van der Waals surface area (Å²) in [6.07, 6.45) is 4.77. The number of rotatable bonds is 2. The van der Waals surface area contributed by atoms with Gasteiger partial charge in [-0.1, -0.05) is 33.6 Å². The minimum Gasteiger partial charge on any atom is -0.399 e. The third-order valence-corrected chi connectivity index (χ3v) is 4.37. The number of hydrogen-bond acceptors (Lipinski definition) is 2. The van der Waals surface area contributed by atoms with Crippen LogP contribution >= 0.6 is 0 Å². The van der Waals surface area contributed by atoms with E-state index in [0.717, 1.165) is 6.42 Å². The fourth-order valence-electron chi connectivity index (χ4n) is 3.23. The van der Waals surface area contributed by atoms with Gasteiger partial charge in [-0.05, 0) is 48.4 Å². The number of anilines is 1. The number of carbonyl (C=O) groups is 1. The van der Waals surface area contributed by atoms with E-state index in [1.165, 1.54) is 19.3 Å². The first-order valence-corrected chi connectivity index (χ1v) is 7.54. The number of nitrogen functional groups attached to an aromatic ring is 1. The van der Waals surface area contributed by atoms with E-state index >= 15 is 0 Å². The standard InChI is InChI=1S/C17H26N2O/c1-17(2,3)14-6-4-5-7-15(14)19-16(20)12-8-10-13(18)11-9-12/h8-11,14-15H,4-7,18H2,1-3H3,(H,19,20). The maximum absolute atomic E-state index is 12.3. The summed E-state index contributed by atoms with van der Waals surface area (Å²) < 4.78 is 0. The van der Waals surface area contributed by atoms with Gasteiger partial charge >= 0.3 is 0 Å². The lowest BCUT2D eigenvalue weighted by Gasteiger charge is -2.40. The Bertz CT molecular complexity index is 459. The molecule has 0 saturated heterocycles. The quantitative estimate of drug-likeness (QED) is 0.810. The molecule has 2 atom stereocenters. The second-order valence-corrected chi connectivity index (χ2v) is 6.96.